The Balaban J connectivity index is 1.60. The Morgan fingerprint density at radius 3 is 2.14 bits per heavy atom. The number of aromatic nitrogens is 2. The summed E-state index contributed by atoms with van der Waals surface area (Å²) in [4.78, 5) is 0.203. The number of halogens is 5. The van der Waals surface area contributed by atoms with E-state index in [1.807, 2.05) is 0 Å². The van der Waals surface area contributed by atoms with E-state index in [0.717, 1.165) is 22.6 Å². The summed E-state index contributed by atoms with van der Waals surface area (Å²) in [6.07, 6.45) is -3.56. The molecular weight excluding hydrogens is 524 g/mol. The topological polar surface area (TPSA) is 61.2 Å². The van der Waals surface area contributed by atoms with Crippen molar-refractivity contribution < 1.29 is 26.3 Å². The molecule has 35 heavy (non-hydrogen) atoms. The Morgan fingerprint density at radius 1 is 0.914 bits per heavy atom. The van der Waals surface area contributed by atoms with E-state index in [0.29, 0.717) is 11.1 Å². The van der Waals surface area contributed by atoms with E-state index in [1.165, 1.54) is 18.2 Å². The fourth-order valence-corrected chi connectivity index (χ4v) is 4.54. The van der Waals surface area contributed by atoms with Crippen molar-refractivity contribution in [3.63, 3.8) is 0 Å². The Morgan fingerprint density at radius 2 is 1.54 bits per heavy atom. The van der Waals surface area contributed by atoms with E-state index in [-0.39, 0.29) is 33.1 Å². The molecule has 4 aromatic rings. The third kappa shape index (κ3) is 5.63. The van der Waals surface area contributed by atoms with Gasteiger partial charge < -0.3 is 4.74 Å². The van der Waals surface area contributed by atoms with Crippen molar-refractivity contribution >= 4 is 33.0 Å². The van der Waals surface area contributed by atoms with Crippen molar-refractivity contribution in [2.45, 2.75) is 17.7 Å². The summed E-state index contributed by atoms with van der Waals surface area (Å²) in [5.41, 5.74) is 1.07. The van der Waals surface area contributed by atoms with Crippen molar-refractivity contribution in [2.24, 2.45) is 0 Å². The first-order chi connectivity index (χ1) is 16.4. The first-order valence-corrected chi connectivity index (χ1v) is 12.7. The summed E-state index contributed by atoms with van der Waals surface area (Å²) < 4.78 is 70.2. The molecule has 0 unspecified atom stereocenters. The van der Waals surface area contributed by atoms with Gasteiger partial charge >= 0.3 is 6.18 Å². The summed E-state index contributed by atoms with van der Waals surface area (Å²) >= 11 is 12.3. The molecule has 5 nitrogen and oxygen atoms in total. The van der Waals surface area contributed by atoms with Gasteiger partial charge in [-0.3, -0.25) is 0 Å². The smallest absolute Gasteiger partial charge is 0.435 e. The van der Waals surface area contributed by atoms with E-state index < -0.39 is 21.7 Å². The molecule has 1 heterocycles. The van der Waals surface area contributed by atoms with Gasteiger partial charge in [0.1, 0.15) is 12.3 Å². The van der Waals surface area contributed by atoms with Crippen molar-refractivity contribution in [1.29, 1.82) is 0 Å². The quantitative estimate of drug-likeness (QED) is 0.268. The van der Waals surface area contributed by atoms with Gasteiger partial charge in [-0.1, -0.05) is 65.7 Å². The molecule has 0 saturated carbocycles. The minimum Gasteiger partial charge on any atom is -0.473 e. The maximum atomic E-state index is 13.3. The van der Waals surface area contributed by atoms with Crippen molar-refractivity contribution in [3.05, 3.63) is 94.1 Å². The molecular formula is C24H17Cl2F3N2O3S. The highest BCUT2D eigenvalue weighted by Crippen LogP contribution is 2.36. The van der Waals surface area contributed by atoms with Gasteiger partial charge in [0, 0.05) is 12.3 Å². The second-order valence-corrected chi connectivity index (χ2v) is 10.5. The van der Waals surface area contributed by atoms with Crippen LogP contribution in [0.4, 0.5) is 13.2 Å². The number of para-hydroxylation sites is 1. The van der Waals surface area contributed by atoms with E-state index in [9.17, 15) is 21.6 Å². The van der Waals surface area contributed by atoms with Crippen LogP contribution in [0.3, 0.4) is 0 Å². The molecule has 0 amide bonds. The number of hydrogen-bond donors (Lipinski definition) is 0. The van der Waals surface area contributed by atoms with Gasteiger partial charge in [-0.05, 0) is 41.0 Å². The van der Waals surface area contributed by atoms with Crippen LogP contribution in [0.25, 0.3) is 16.8 Å². The second-order valence-electron chi connectivity index (χ2n) is 7.63. The minimum atomic E-state index is -4.70. The van der Waals surface area contributed by atoms with Gasteiger partial charge in [-0.25, -0.2) is 8.42 Å². The standard InChI is InChI=1S/C24H17Cl2F3N2O3S/c1-35(32,33)18-5-2-4-17(12-18)16-10-8-15(9-11-16)14-34-22-13-21(24(27,28)29)30-31(22)23-19(25)6-3-7-20(23)26/h2-13H,14H2,1H3. The lowest BCUT2D eigenvalue weighted by Gasteiger charge is -2.12. The zero-order valence-electron chi connectivity index (χ0n) is 18.1. The molecule has 0 fully saturated rings. The summed E-state index contributed by atoms with van der Waals surface area (Å²) in [6.45, 7) is -0.0608. The molecule has 0 saturated heterocycles. The first-order valence-electron chi connectivity index (χ1n) is 10.1. The average Bonchev–Trinajstić information content (AvgIpc) is 3.22. The molecule has 0 aliphatic heterocycles. The molecule has 3 aromatic carbocycles. The zero-order valence-corrected chi connectivity index (χ0v) is 20.4. The number of benzene rings is 3. The fourth-order valence-electron chi connectivity index (χ4n) is 3.31. The van der Waals surface area contributed by atoms with Gasteiger partial charge in [0.25, 0.3) is 0 Å². The summed E-state index contributed by atoms with van der Waals surface area (Å²) in [7, 11) is -3.35. The highest BCUT2D eigenvalue weighted by atomic mass is 35.5. The highest BCUT2D eigenvalue weighted by Gasteiger charge is 2.36. The van der Waals surface area contributed by atoms with Crippen LogP contribution in [0.1, 0.15) is 11.3 Å². The molecule has 0 aliphatic carbocycles. The highest BCUT2D eigenvalue weighted by molar-refractivity contribution is 7.90. The number of hydrogen-bond acceptors (Lipinski definition) is 4. The molecule has 11 heteroatoms. The third-order valence-electron chi connectivity index (χ3n) is 5.05. The van der Waals surface area contributed by atoms with Crippen molar-refractivity contribution in [2.75, 3.05) is 6.26 Å². The van der Waals surface area contributed by atoms with Crippen LogP contribution in [0.5, 0.6) is 5.88 Å². The molecule has 0 radical (unpaired) electrons. The van der Waals surface area contributed by atoms with Crippen molar-refractivity contribution in [1.82, 2.24) is 9.78 Å². The third-order valence-corrected chi connectivity index (χ3v) is 6.77. The normalized spacial score (nSPS) is 12.1. The molecule has 0 aliphatic rings. The van der Waals surface area contributed by atoms with E-state index >= 15 is 0 Å². The summed E-state index contributed by atoms with van der Waals surface area (Å²) in [5, 5.41) is 3.84. The van der Waals surface area contributed by atoms with Crippen LogP contribution in [0, 0.1) is 0 Å². The Hall–Kier alpha value is -3.01. The van der Waals surface area contributed by atoms with Gasteiger partial charge in [0.15, 0.2) is 15.5 Å². The van der Waals surface area contributed by atoms with Gasteiger partial charge in [-0.2, -0.15) is 23.0 Å². The molecule has 182 valence electrons. The minimum absolute atomic E-state index is 0.0608. The number of rotatable bonds is 6. The van der Waals surface area contributed by atoms with Crippen LogP contribution >= 0.6 is 23.2 Å². The van der Waals surface area contributed by atoms with Crippen LogP contribution in [-0.2, 0) is 22.6 Å². The number of nitrogens with zero attached hydrogens (tertiary/aromatic N) is 2. The lowest BCUT2D eigenvalue weighted by atomic mass is 10.0. The first kappa shape index (κ1) is 25.1. The van der Waals surface area contributed by atoms with Crippen LogP contribution in [-0.4, -0.2) is 24.5 Å². The van der Waals surface area contributed by atoms with Gasteiger partial charge in [-0.15, -0.1) is 0 Å². The number of alkyl halides is 3. The average molecular weight is 541 g/mol. The zero-order chi connectivity index (χ0) is 25.4. The van der Waals surface area contributed by atoms with E-state index in [1.54, 1.807) is 48.5 Å². The van der Waals surface area contributed by atoms with Gasteiger partial charge in [0.2, 0.25) is 5.88 Å². The maximum absolute atomic E-state index is 13.3. The maximum Gasteiger partial charge on any atom is 0.435 e. The van der Waals surface area contributed by atoms with Crippen LogP contribution in [0.2, 0.25) is 10.0 Å². The Labute approximate surface area is 209 Å². The van der Waals surface area contributed by atoms with Gasteiger partial charge in [0.05, 0.1) is 14.9 Å². The SMILES string of the molecule is CS(=O)(=O)c1cccc(-c2ccc(COc3cc(C(F)(F)F)nn3-c3c(Cl)cccc3Cl)cc2)c1. The molecule has 0 atom stereocenters. The molecule has 4 rings (SSSR count). The van der Waals surface area contributed by atoms with E-state index in [4.69, 9.17) is 27.9 Å². The summed E-state index contributed by atoms with van der Waals surface area (Å²) in [6, 6.07) is 18.8. The molecule has 0 N–H and O–H groups in total. The molecule has 0 spiro atoms. The lowest BCUT2D eigenvalue weighted by molar-refractivity contribution is -0.141. The summed E-state index contributed by atoms with van der Waals surface area (Å²) in [5.74, 6) is -0.183. The van der Waals surface area contributed by atoms with E-state index in [2.05, 4.69) is 5.10 Å². The lowest BCUT2D eigenvalue weighted by Crippen LogP contribution is -2.08. The van der Waals surface area contributed by atoms with Crippen LogP contribution < -0.4 is 4.74 Å². The molecule has 1 aromatic heterocycles. The second kappa shape index (κ2) is 9.56. The predicted molar refractivity (Wildman–Crippen MR) is 128 cm³/mol. The largest absolute Gasteiger partial charge is 0.473 e. The Kier molecular flexibility index (Phi) is 6.86. The monoisotopic (exact) mass is 540 g/mol. The number of sulfone groups is 1. The van der Waals surface area contributed by atoms with Crippen molar-refractivity contribution in [3.8, 4) is 22.7 Å². The molecule has 0 bridgehead atoms. The Bertz CT molecular complexity index is 1460. The van der Waals surface area contributed by atoms with Crippen LogP contribution in [0.15, 0.2) is 77.7 Å². The fraction of sp³-hybridized carbons (Fsp3) is 0.125. The number of ether oxygens (including phenoxy) is 1. The predicted octanol–water partition coefficient (Wildman–Crippen LogP) is 6.85.